The molecule has 24 heavy (non-hydrogen) atoms. The highest BCUT2D eigenvalue weighted by molar-refractivity contribution is 5.66. The SMILES string of the molecule is COc1ccc2c(c1)C(O)C(N(Cc1ccccc1)C(=O)O)CO2. The van der Waals surface area contributed by atoms with Crippen LogP contribution in [0.4, 0.5) is 4.79 Å². The van der Waals surface area contributed by atoms with E-state index in [1.54, 1.807) is 18.2 Å². The van der Waals surface area contributed by atoms with Crippen LogP contribution in [-0.2, 0) is 6.54 Å². The van der Waals surface area contributed by atoms with E-state index >= 15 is 0 Å². The van der Waals surface area contributed by atoms with Crippen molar-refractivity contribution < 1.29 is 24.5 Å². The van der Waals surface area contributed by atoms with Gasteiger partial charge in [0.1, 0.15) is 24.2 Å². The fourth-order valence-electron chi connectivity index (χ4n) is 2.86. The number of nitrogens with zero attached hydrogens (tertiary/aromatic N) is 1. The number of methoxy groups -OCH3 is 1. The van der Waals surface area contributed by atoms with Gasteiger partial charge in [-0.1, -0.05) is 30.3 Å². The Morgan fingerprint density at radius 2 is 2.04 bits per heavy atom. The van der Waals surface area contributed by atoms with E-state index in [1.807, 2.05) is 30.3 Å². The second-order valence-corrected chi connectivity index (χ2v) is 5.62. The summed E-state index contributed by atoms with van der Waals surface area (Å²) in [5.41, 5.74) is 1.38. The van der Waals surface area contributed by atoms with Crippen molar-refractivity contribution in [3.63, 3.8) is 0 Å². The Labute approximate surface area is 139 Å². The Balaban J connectivity index is 1.87. The minimum atomic E-state index is -1.10. The molecule has 0 aliphatic carbocycles. The van der Waals surface area contributed by atoms with Gasteiger partial charge in [-0.05, 0) is 23.8 Å². The van der Waals surface area contributed by atoms with E-state index in [1.165, 1.54) is 12.0 Å². The molecule has 6 heteroatoms. The molecule has 1 amide bonds. The van der Waals surface area contributed by atoms with Crippen LogP contribution in [0.3, 0.4) is 0 Å². The quantitative estimate of drug-likeness (QED) is 0.901. The van der Waals surface area contributed by atoms with Crippen molar-refractivity contribution in [2.45, 2.75) is 18.7 Å². The summed E-state index contributed by atoms with van der Waals surface area (Å²) < 4.78 is 10.8. The highest BCUT2D eigenvalue weighted by Gasteiger charge is 2.36. The molecule has 2 N–H and O–H groups in total. The summed E-state index contributed by atoms with van der Waals surface area (Å²) in [5.74, 6) is 1.13. The molecule has 2 unspecified atom stereocenters. The first-order chi connectivity index (χ1) is 11.6. The second-order valence-electron chi connectivity index (χ2n) is 5.62. The van der Waals surface area contributed by atoms with E-state index in [9.17, 15) is 15.0 Å². The van der Waals surface area contributed by atoms with Gasteiger partial charge >= 0.3 is 6.09 Å². The van der Waals surface area contributed by atoms with E-state index in [2.05, 4.69) is 0 Å². The van der Waals surface area contributed by atoms with Gasteiger partial charge in [-0.2, -0.15) is 0 Å². The third-order valence-electron chi connectivity index (χ3n) is 4.15. The maximum Gasteiger partial charge on any atom is 0.408 e. The molecule has 2 atom stereocenters. The average molecular weight is 329 g/mol. The van der Waals surface area contributed by atoms with Gasteiger partial charge in [-0.3, -0.25) is 4.90 Å². The number of carbonyl (C=O) groups is 1. The fourth-order valence-corrected chi connectivity index (χ4v) is 2.86. The van der Waals surface area contributed by atoms with Gasteiger partial charge < -0.3 is 19.7 Å². The molecular weight excluding hydrogens is 310 g/mol. The predicted octanol–water partition coefficient (Wildman–Crippen LogP) is 2.67. The summed E-state index contributed by atoms with van der Waals surface area (Å²) in [6.45, 7) is 0.278. The maximum atomic E-state index is 11.7. The first kappa shape index (κ1) is 16.1. The van der Waals surface area contributed by atoms with Crippen LogP contribution in [0.1, 0.15) is 17.2 Å². The molecule has 0 aromatic heterocycles. The molecule has 0 fully saturated rings. The maximum absolute atomic E-state index is 11.7. The number of fused-ring (bicyclic) bond motifs is 1. The number of rotatable bonds is 4. The third kappa shape index (κ3) is 3.14. The van der Waals surface area contributed by atoms with Gasteiger partial charge in [0, 0.05) is 12.1 Å². The molecule has 1 heterocycles. The van der Waals surface area contributed by atoms with E-state index in [0.29, 0.717) is 17.1 Å². The van der Waals surface area contributed by atoms with E-state index in [-0.39, 0.29) is 13.2 Å². The zero-order valence-corrected chi connectivity index (χ0v) is 13.3. The molecule has 0 bridgehead atoms. The first-order valence-electron chi connectivity index (χ1n) is 7.62. The van der Waals surface area contributed by atoms with Crippen LogP contribution in [0.2, 0.25) is 0 Å². The number of amides is 1. The molecule has 0 radical (unpaired) electrons. The second kappa shape index (κ2) is 6.80. The summed E-state index contributed by atoms with van der Waals surface area (Å²) in [4.78, 5) is 12.9. The smallest absolute Gasteiger partial charge is 0.408 e. The van der Waals surface area contributed by atoms with Crippen molar-refractivity contribution >= 4 is 6.09 Å². The highest BCUT2D eigenvalue weighted by Crippen LogP contribution is 2.37. The van der Waals surface area contributed by atoms with Crippen LogP contribution in [0.5, 0.6) is 11.5 Å². The van der Waals surface area contributed by atoms with Crippen LogP contribution in [0.15, 0.2) is 48.5 Å². The Bertz CT molecular complexity index is 719. The van der Waals surface area contributed by atoms with Crippen LogP contribution < -0.4 is 9.47 Å². The fraction of sp³-hybridized carbons (Fsp3) is 0.278. The first-order valence-corrected chi connectivity index (χ1v) is 7.62. The van der Waals surface area contributed by atoms with Crippen LogP contribution in [0, 0.1) is 0 Å². The Morgan fingerprint density at radius 1 is 1.29 bits per heavy atom. The van der Waals surface area contributed by atoms with Crippen LogP contribution in [-0.4, -0.2) is 41.0 Å². The summed E-state index contributed by atoms with van der Waals surface area (Å²) in [6, 6.07) is 13.7. The minimum absolute atomic E-state index is 0.0969. The Morgan fingerprint density at radius 3 is 2.71 bits per heavy atom. The molecule has 0 saturated heterocycles. The van der Waals surface area contributed by atoms with Gasteiger partial charge in [0.25, 0.3) is 0 Å². The molecule has 2 aromatic carbocycles. The average Bonchev–Trinajstić information content (AvgIpc) is 2.61. The highest BCUT2D eigenvalue weighted by atomic mass is 16.5. The standard InChI is InChI=1S/C18H19NO5/c1-23-13-7-8-16-14(9-13)17(20)15(11-24-16)19(18(21)22)10-12-5-3-2-4-6-12/h2-9,15,17,20H,10-11H2,1H3,(H,21,22). The molecule has 0 spiro atoms. The van der Waals surface area contributed by atoms with Gasteiger partial charge in [-0.15, -0.1) is 0 Å². The van der Waals surface area contributed by atoms with E-state index in [4.69, 9.17) is 9.47 Å². The van der Waals surface area contributed by atoms with Crippen LogP contribution >= 0.6 is 0 Å². The largest absolute Gasteiger partial charge is 0.497 e. The lowest BCUT2D eigenvalue weighted by Crippen LogP contribution is -2.48. The van der Waals surface area contributed by atoms with Crippen molar-refractivity contribution in [1.82, 2.24) is 4.90 Å². The normalized spacial score (nSPS) is 19.1. The lowest BCUT2D eigenvalue weighted by molar-refractivity contribution is 0.00520. The number of aliphatic hydroxyl groups excluding tert-OH is 1. The monoisotopic (exact) mass is 329 g/mol. The lowest BCUT2D eigenvalue weighted by Gasteiger charge is -2.37. The number of aliphatic hydroxyl groups is 1. The number of carboxylic acid groups (broad SMARTS) is 1. The van der Waals surface area contributed by atoms with Crippen molar-refractivity contribution in [1.29, 1.82) is 0 Å². The number of benzene rings is 2. The zero-order valence-electron chi connectivity index (χ0n) is 13.3. The minimum Gasteiger partial charge on any atom is -0.497 e. The van der Waals surface area contributed by atoms with Gasteiger partial charge in [0.05, 0.1) is 13.2 Å². The molecule has 3 rings (SSSR count). The van der Waals surface area contributed by atoms with E-state index < -0.39 is 18.2 Å². The molecule has 2 aromatic rings. The molecule has 1 aliphatic rings. The Kier molecular flexibility index (Phi) is 4.57. The van der Waals surface area contributed by atoms with E-state index in [0.717, 1.165) is 5.56 Å². The molecule has 6 nitrogen and oxygen atoms in total. The van der Waals surface area contributed by atoms with Gasteiger partial charge in [0.15, 0.2) is 0 Å². The molecular formula is C18H19NO5. The summed E-state index contributed by atoms with van der Waals surface area (Å²) in [6.07, 6.45) is -2.08. The Hall–Kier alpha value is -2.73. The predicted molar refractivity (Wildman–Crippen MR) is 87.2 cm³/mol. The van der Waals surface area contributed by atoms with Crippen molar-refractivity contribution in [2.75, 3.05) is 13.7 Å². The molecule has 126 valence electrons. The van der Waals surface area contributed by atoms with Gasteiger partial charge in [-0.25, -0.2) is 4.79 Å². The van der Waals surface area contributed by atoms with Crippen molar-refractivity contribution in [2.24, 2.45) is 0 Å². The third-order valence-corrected chi connectivity index (χ3v) is 4.15. The van der Waals surface area contributed by atoms with Crippen molar-refractivity contribution in [3.05, 3.63) is 59.7 Å². The molecule has 1 aliphatic heterocycles. The van der Waals surface area contributed by atoms with Crippen LogP contribution in [0.25, 0.3) is 0 Å². The topological polar surface area (TPSA) is 79.2 Å². The number of ether oxygens (including phenoxy) is 2. The zero-order chi connectivity index (χ0) is 17.1. The summed E-state index contributed by atoms with van der Waals surface area (Å²) >= 11 is 0. The van der Waals surface area contributed by atoms with Gasteiger partial charge in [0.2, 0.25) is 0 Å². The number of hydrogen-bond acceptors (Lipinski definition) is 4. The van der Waals surface area contributed by atoms with Crippen molar-refractivity contribution in [3.8, 4) is 11.5 Å². The summed E-state index contributed by atoms with van der Waals surface area (Å²) in [7, 11) is 1.54. The molecule has 0 saturated carbocycles. The lowest BCUT2D eigenvalue weighted by atomic mass is 9.97. The number of hydrogen-bond donors (Lipinski definition) is 2. The summed E-state index contributed by atoms with van der Waals surface area (Å²) in [5, 5.41) is 20.3.